The zero-order chi connectivity index (χ0) is 49.9. The summed E-state index contributed by atoms with van der Waals surface area (Å²) in [6, 6.07) is 14.5. The van der Waals surface area contributed by atoms with Crippen molar-refractivity contribution < 1.29 is 52.7 Å². The second-order valence-electron chi connectivity index (χ2n) is 17.2. The van der Waals surface area contributed by atoms with E-state index in [1.54, 1.807) is 43.6 Å². The predicted octanol–water partition coefficient (Wildman–Crippen LogP) is 2.39. The third-order valence-electron chi connectivity index (χ3n) is 12.4. The Balaban J connectivity index is 0.742. The molecule has 3 aliphatic rings. The van der Waals surface area contributed by atoms with Gasteiger partial charge in [-0.1, -0.05) is 6.07 Å². The minimum Gasteiger partial charge on any atom is -0.496 e. The van der Waals surface area contributed by atoms with Crippen LogP contribution in [0, 0.1) is 0 Å². The van der Waals surface area contributed by atoms with Crippen LogP contribution in [-0.4, -0.2) is 143 Å². The summed E-state index contributed by atoms with van der Waals surface area (Å²) < 4.78 is 5.73. The number of Topliss-reactive ketones (excluding diaryl/α,β-unsaturated/α-hetero) is 4. The molecule has 1 unspecified atom stereocenters. The molecule has 21 heteroatoms. The number of rotatable bonds is 24. The molecule has 6 amide bonds. The van der Waals surface area contributed by atoms with Gasteiger partial charge >= 0.3 is 0 Å². The van der Waals surface area contributed by atoms with Gasteiger partial charge in [0.2, 0.25) is 17.7 Å². The highest BCUT2D eigenvalue weighted by Gasteiger charge is 2.45. The summed E-state index contributed by atoms with van der Waals surface area (Å²) in [5, 5.41) is 14.7. The van der Waals surface area contributed by atoms with Gasteiger partial charge in [-0.3, -0.25) is 68.2 Å². The highest BCUT2D eigenvalue weighted by Crippen LogP contribution is 2.37. The van der Waals surface area contributed by atoms with Crippen molar-refractivity contribution in [2.75, 3.05) is 63.1 Å². The summed E-state index contributed by atoms with van der Waals surface area (Å²) in [5.74, 6) is -3.79. The Morgan fingerprint density at radius 3 is 2.04 bits per heavy atom. The first-order valence-electron chi connectivity index (χ1n) is 23.1. The van der Waals surface area contributed by atoms with E-state index in [2.05, 4.69) is 36.0 Å². The molecule has 6 N–H and O–H groups in total. The van der Waals surface area contributed by atoms with Crippen LogP contribution in [0.15, 0.2) is 60.8 Å². The number of hydrogen-bond acceptors (Lipinski definition) is 16. The van der Waals surface area contributed by atoms with E-state index in [-0.39, 0.29) is 130 Å². The smallest absolute Gasteiger partial charge is 0.267 e. The molecule has 2 aromatic carbocycles. The van der Waals surface area contributed by atoms with Gasteiger partial charge in [-0.05, 0) is 48.9 Å². The van der Waals surface area contributed by atoms with Crippen molar-refractivity contribution in [3.63, 3.8) is 0 Å². The fourth-order valence-corrected chi connectivity index (χ4v) is 8.61. The average Bonchev–Trinajstić information content (AvgIpc) is 3.98. The molecule has 0 spiro atoms. The van der Waals surface area contributed by atoms with Gasteiger partial charge < -0.3 is 26.0 Å². The number of nitrogens with one attached hydrogen (secondary N) is 4. The fraction of sp³-hybridized carbons (Fsp3) is 0.388. The minimum atomic E-state index is -1.10. The van der Waals surface area contributed by atoms with E-state index in [9.17, 15) is 47.9 Å². The van der Waals surface area contributed by atoms with Crippen LogP contribution in [0.5, 0.6) is 5.75 Å². The van der Waals surface area contributed by atoms with E-state index < -0.39 is 35.6 Å². The number of nitrogens with zero attached hydrogens (tertiary/aromatic N) is 5. The van der Waals surface area contributed by atoms with Crippen molar-refractivity contribution in [2.45, 2.75) is 70.3 Å². The Morgan fingerprint density at radius 1 is 0.757 bits per heavy atom. The number of aromatic amines is 1. The lowest BCUT2D eigenvalue weighted by Crippen LogP contribution is -2.54. The number of benzene rings is 2. The summed E-state index contributed by atoms with van der Waals surface area (Å²) in [6.45, 7) is 2.91. The Morgan fingerprint density at radius 2 is 1.41 bits per heavy atom. The molecule has 7 rings (SSSR count). The number of methoxy groups -OCH3 is 1. The van der Waals surface area contributed by atoms with Gasteiger partial charge in [0.05, 0.1) is 36.2 Å². The van der Waals surface area contributed by atoms with E-state index in [4.69, 9.17) is 10.5 Å². The molecular weight excluding hydrogens is 905 g/mol. The minimum absolute atomic E-state index is 0.00264. The molecule has 2 fully saturated rings. The van der Waals surface area contributed by atoms with Crippen molar-refractivity contribution in [3.8, 4) is 28.3 Å². The number of carbonyl (C=O) groups excluding carboxylic acids is 10. The molecule has 70 heavy (non-hydrogen) atoms. The fourth-order valence-electron chi connectivity index (χ4n) is 8.61. The standard InChI is InChI=1S/C49H54N10O11/c1-70-41-27-29(5-12-34(41)35-13-14-37(38-19-22-53-56-38)54-45(35)46(50)66)58-25-23-57(24-26-58)28-43(65)52-21-18-33(63)11-9-31(61)7-6-30(60)8-10-32(62)17-20-51-39-4-2-3-36-44(39)49(69)59(48(36)68)40-15-16-42(64)55-47(40)67/h2-5,12-14,19,22,27,40,51H,6-11,15-18,20-21,23-26,28H2,1H3,(H2,50,66)(H,52,65)(H,53,56)(H,55,64,67). The lowest BCUT2D eigenvalue weighted by Gasteiger charge is -2.36. The van der Waals surface area contributed by atoms with E-state index in [0.29, 0.717) is 60.1 Å². The zero-order valence-electron chi connectivity index (χ0n) is 38.7. The Bertz CT molecular complexity index is 2710. The number of hydrogen-bond donors (Lipinski definition) is 5. The maximum Gasteiger partial charge on any atom is 0.267 e. The number of imide groups is 2. The predicted molar refractivity (Wildman–Crippen MR) is 253 cm³/mol. The summed E-state index contributed by atoms with van der Waals surface area (Å²) in [5.41, 5.74) is 9.59. The first kappa shape index (κ1) is 50.0. The summed E-state index contributed by atoms with van der Waals surface area (Å²) in [4.78, 5) is 135. The molecule has 2 saturated heterocycles. The molecule has 5 heterocycles. The lowest BCUT2D eigenvalue weighted by atomic mass is 10.0. The number of aromatic nitrogens is 3. The largest absolute Gasteiger partial charge is 0.496 e. The molecule has 1 atom stereocenters. The quantitative estimate of drug-likeness (QED) is 0.0630. The first-order chi connectivity index (χ1) is 33.7. The SMILES string of the molecule is COc1cc(N2CCN(CC(=O)NCCC(=O)CCC(=O)CCC(=O)CCC(=O)CCNc3cccc4c3C(=O)N(C3CCC(=O)NC3=O)C4=O)CC2)ccc1-c1ccc(-c2ccn[nH]2)nc1C(N)=O. The van der Waals surface area contributed by atoms with E-state index in [1.807, 2.05) is 23.1 Å². The summed E-state index contributed by atoms with van der Waals surface area (Å²) in [6.07, 6.45) is 1.46. The molecule has 0 bridgehead atoms. The van der Waals surface area contributed by atoms with Crippen LogP contribution in [0.2, 0.25) is 0 Å². The van der Waals surface area contributed by atoms with Crippen LogP contribution in [-0.2, 0) is 33.6 Å². The van der Waals surface area contributed by atoms with Crippen molar-refractivity contribution in [2.24, 2.45) is 5.73 Å². The van der Waals surface area contributed by atoms with Gasteiger partial charge in [-0.25, -0.2) is 4.98 Å². The molecular formula is C49H54N10O11. The van der Waals surface area contributed by atoms with E-state index >= 15 is 0 Å². The monoisotopic (exact) mass is 958 g/mol. The number of H-pyrrole nitrogens is 1. The lowest BCUT2D eigenvalue weighted by molar-refractivity contribution is -0.136. The van der Waals surface area contributed by atoms with Crippen molar-refractivity contribution in [1.29, 1.82) is 0 Å². The number of piperidine rings is 1. The molecule has 0 radical (unpaired) electrons. The van der Waals surface area contributed by atoms with E-state index in [0.717, 1.165) is 10.6 Å². The number of primary amides is 1. The average molecular weight is 959 g/mol. The topological polar surface area (TPSA) is 293 Å². The van der Waals surface area contributed by atoms with Gasteiger partial charge in [0.15, 0.2) is 0 Å². The van der Waals surface area contributed by atoms with Gasteiger partial charge in [-0.15, -0.1) is 0 Å². The van der Waals surface area contributed by atoms with Crippen molar-refractivity contribution in [1.82, 2.24) is 35.6 Å². The summed E-state index contributed by atoms with van der Waals surface area (Å²) >= 11 is 0. The molecule has 3 aliphatic heterocycles. The molecule has 2 aromatic heterocycles. The van der Waals surface area contributed by atoms with Crippen LogP contribution in [0.4, 0.5) is 11.4 Å². The Labute approximate surface area is 402 Å². The number of carbonyl (C=O) groups is 10. The second kappa shape index (κ2) is 22.9. The normalized spacial score (nSPS) is 15.9. The van der Waals surface area contributed by atoms with Gasteiger partial charge in [-0.2, -0.15) is 5.10 Å². The number of fused-ring (bicyclic) bond motifs is 1. The van der Waals surface area contributed by atoms with Crippen LogP contribution in [0.3, 0.4) is 0 Å². The maximum absolute atomic E-state index is 13.3. The van der Waals surface area contributed by atoms with Crippen molar-refractivity contribution in [3.05, 3.63) is 77.6 Å². The Kier molecular flexibility index (Phi) is 16.3. The number of pyridine rings is 1. The van der Waals surface area contributed by atoms with Crippen molar-refractivity contribution >= 4 is 70.0 Å². The van der Waals surface area contributed by atoms with E-state index in [1.165, 1.54) is 6.07 Å². The second-order valence-corrected chi connectivity index (χ2v) is 17.2. The van der Waals surface area contributed by atoms with Crippen LogP contribution < -0.4 is 31.3 Å². The highest BCUT2D eigenvalue weighted by molar-refractivity contribution is 6.25. The molecule has 0 aliphatic carbocycles. The maximum atomic E-state index is 13.3. The third-order valence-corrected chi connectivity index (χ3v) is 12.4. The van der Waals surface area contributed by atoms with Crippen LogP contribution >= 0.6 is 0 Å². The number of amides is 6. The van der Waals surface area contributed by atoms with Crippen LogP contribution in [0.1, 0.15) is 95.4 Å². The van der Waals surface area contributed by atoms with Gasteiger partial charge in [0.1, 0.15) is 40.6 Å². The summed E-state index contributed by atoms with van der Waals surface area (Å²) in [7, 11) is 1.55. The first-order valence-corrected chi connectivity index (χ1v) is 23.1. The van der Waals surface area contributed by atoms with Gasteiger partial charge in [0.25, 0.3) is 17.7 Å². The number of ether oxygens (including phenoxy) is 1. The number of piperazine rings is 1. The number of ketones is 4. The number of nitrogens with two attached hydrogens (primary N) is 1. The molecule has 21 nitrogen and oxygen atoms in total. The molecule has 4 aromatic rings. The highest BCUT2D eigenvalue weighted by atomic mass is 16.5. The van der Waals surface area contributed by atoms with Crippen LogP contribution in [0.25, 0.3) is 22.5 Å². The molecule has 0 saturated carbocycles. The van der Waals surface area contributed by atoms with Gasteiger partial charge in [0, 0.05) is 132 Å². The number of anilines is 2. The Hall–Kier alpha value is -7.94. The third kappa shape index (κ3) is 12.2. The molecule has 366 valence electrons. The zero-order valence-corrected chi connectivity index (χ0v) is 38.7.